The Kier molecular flexibility index (Phi) is 3.87. The fraction of sp³-hybridized carbons (Fsp3) is 0.375. The summed E-state index contributed by atoms with van der Waals surface area (Å²) in [5.74, 6) is 0.108. The number of hydrogen-bond acceptors (Lipinski definition) is 4. The molecule has 1 unspecified atom stereocenters. The van der Waals surface area contributed by atoms with Crippen LogP contribution in [-0.2, 0) is 9.84 Å². The predicted octanol–water partition coefficient (Wildman–Crippen LogP) is 1.88. The normalized spacial score (nSPS) is 20.1. The second kappa shape index (κ2) is 5.68. The molecule has 1 amide bonds. The highest BCUT2D eigenvalue weighted by atomic mass is 32.2. The maximum absolute atomic E-state index is 12.9. The van der Waals surface area contributed by atoms with Gasteiger partial charge in [-0.25, -0.2) is 8.42 Å². The zero-order valence-electron chi connectivity index (χ0n) is 12.4. The van der Waals surface area contributed by atoms with E-state index >= 15 is 0 Å². The molecular weight excluding hydrogens is 300 g/mol. The van der Waals surface area contributed by atoms with Crippen molar-refractivity contribution in [2.24, 2.45) is 0 Å². The van der Waals surface area contributed by atoms with Gasteiger partial charge < -0.3 is 4.90 Å². The Bertz CT molecular complexity index is 812. The summed E-state index contributed by atoms with van der Waals surface area (Å²) in [5.41, 5.74) is 0.580. The van der Waals surface area contributed by atoms with Crippen molar-refractivity contribution >= 4 is 26.5 Å². The zero-order chi connectivity index (χ0) is 15.7. The number of nitrogens with zero attached hydrogens (tertiary/aromatic N) is 2. The molecular formula is C16H18N2O3S. The number of sulfone groups is 1. The van der Waals surface area contributed by atoms with Crippen LogP contribution in [0, 0.1) is 0 Å². The molecule has 1 aliphatic rings. The number of carbonyl (C=O) groups is 1. The number of pyridine rings is 1. The molecule has 1 aliphatic heterocycles. The van der Waals surface area contributed by atoms with Gasteiger partial charge in [-0.05, 0) is 30.9 Å². The van der Waals surface area contributed by atoms with Crippen molar-refractivity contribution in [3.63, 3.8) is 0 Å². The standard InChI is InChI=1S/C16H18N2O3S/c1-2-18(13-7-9-22(20,21)11-13)16(19)14-5-3-4-12-6-8-17-10-15(12)14/h3-6,8,10,13H,2,7,9,11H2,1H3. The van der Waals surface area contributed by atoms with E-state index in [-0.39, 0.29) is 23.5 Å². The lowest BCUT2D eigenvalue weighted by Gasteiger charge is -2.27. The lowest BCUT2D eigenvalue weighted by molar-refractivity contribution is 0.0710. The Hall–Kier alpha value is -1.95. The van der Waals surface area contributed by atoms with Gasteiger partial charge in [0.1, 0.15) is 0 Å². The molecule has 1 saturated heterocycles. The average Bonchev–Trinajstić information content (AvgIpc) is 2.87. The quantitative estimate of drug-likeness (QED) is 0.866. The van der Waals surface area contributed by atoms with Gasteiger partial charge in [-0.2, -0.15) is 0 Å². The van der Waals surface area contributed by atoms with Crippen LogP contribution in [0.2, 0.25) is 0 Å². The monoisotopic (exact) mass is 318 g/mol. The largest absolute Gasteiger partial charge is 0.335 e. The molecule has 1 aromatic heterocycles. The van der Waals surface area contributed by atoms with Gasteiger partial charge >= 0.3 is 0 Å². The number of rotatable bonds is 3. The third kappa shape index (κ3) is 2.70. The number of carbonyl (C=O) groups excluding carboxylic acids is 1. The minimum atomic E-state index is -3.02. The summed E-state index contributed by atoms with van der Waals surface area (Å²) in [5, 5.41) is 1.75. The Morgan fingerprint density at radius 2 is 2.18 bits per heavy atom. The van der Waals surface area contributed by atoms with Gasteiger partial charge in [-0.1, -0.05) is 12.1 Å². The number of amides is 1. The van der Waals surface area contributed by atoms with Crippen molar-refractivity contribution in [3.8, 4) is 0 Å². The first kappa shape index (κ1) is 15.0. The van der Waals surface area contributed by atoms with E-state index in [9.17, 15) is 13.2 Å². The lowest BCUT2D eigenvalue weighted by atomic mass is 10.0. The van der Waals surface area contributed by atoms with Crippen LogP contribution >= 0.6 is 0 Å². The highest BCUT2D eigenvalue weighted by molar-refractivity contribution is 7.91. The summed E-state index contributed by atoms with van der Waals surface area (Å²) >= 11 is 0. The molecule has 0 spiro atoms. The Morgan fingerprint density at radius 1 is 1.36 bits per heavy atom. The molecule has 2 heterocycles. The Balaban J connectivity index is 1.97. The number of fused-ring (bicyclic) bond motifs is 1. The van der Waals surface area contributed by atoms with Gasteiger partial charge in [-0.3, -0.25) is 9.78 Å². The van der Waals surface area contributed by atoms with Crippen LogP contribution in [0.5, 0.6) is 0 Å². The molecule has 1 fully saturated rings. The maximum atomic E-state index is 12.9. The van der Waals surface area contributed by atoms with Crippen LogP contribution in [0.4, 0.5) is 0 Å². The second-order valence-electron chi connectivity index (χ2n) is 5.55. The van der Waals surface area contributed by atoms with Crippen LogP contribution < -0.4 is 0 Å². The topological polar surface area (TPSA) is 67.3 Å². The minimum Gasteiger partial charge on any atom is -0.335 e. The molecule has 3 rings (SSSR count). The molecule has 0 radical (unpaired) electrons. The van der Waals surface area contributed by atoms with Crippen molar-refractivity contribution in [1.29, 1.82) is 0 Å². The van der Waals surface area contributed by atoms with Crippen LogP contribution in [-0.4, -0.2) is 48.3 Å². The van der Waals surface area contributed by atoms with E-state index in [1.54, 1.807) is 23.4 Å². The van der Waals surface area contributed by atoms with Gasteiger partial charge in [0.15, 0.2) is 9.84 Å². The van der Waals surface area contributed by atoms with Crippen LogP contribution in [0.3, 0.4) is 0 Å². The third-order valence-corrected chi connectivity index (χ3v) is 5.92. The Morgan fingerprint density at radius 3 is 2.86 bits per heavy atom. The van der Waals surface area contributed by atoms with Crippen LogP contribution in [0.25, 0.3) is 10.8 Å². The van der Waals surface area contributed by atoms with Gasteiger partial charge in [0, 0.05) is 35.9 Å². The summed E-state index contributed by atoms with van der Waals surface area (Å²) in [7, 11) is -3.02. The average molecular weight is 318 g/mol. The van der Waals surface area contributed by atoms with Crippen LogP contribution in [0.1, 0.15) is 23.7 Å². The summed E-state index contributed by atoms with van der Waals surface area (Å²) in [6.45, 7) is 2.38. The van der Waals surface area contributed by atoms with Crippen molar-refractivity contribution in [3.05, 3.63) is 42.2 Å². The number of aromatic nitrogens is 1. The van der Waals surface area contributed by atoms with E-state index in [1.807, 2.05) is 25.1 Å². The van der Waals surface area contributed by atoms with Gasteiger partial charge in [0.05, 0.1) is 11.5 Å². The molecule has 0 saturated carbocycles. The van der Waals surface area contributed by atoms with Gasteiger partial charge in [0.25, 0.3) is 5.91 Å². The van der Waals surface area contributed by atoms with E-state index in [4.69, 9.17) is 0 Å². The zero-order valence-corrected chi connectivity index (χ0v) is 13.2. The molecule has 22 heavy (non-hydrogen) atoms. The van der Waals surface area contributed by atoms with E-state index in [1.165, 1.54) is 0 Å². The summed E-state index contributed by atoms with van der Waals surface area (Å²) in [6.07, 6.45) is 3.89. The minimum absolute atomic E-state index is 0.0651. The smallest absolute Gasteiger partial charge is 0.254 e. The summed E-state index contributed by atoms with van der Waals surface area (Å²) in [4.78, 5) is 18.7. The van der Waals surface area contributed by atoms with Crippen molar-refractivity contribution in [2.45, 2.75) is 19.4 Å². The van der Waals surface area contributed by atoms with Crippen LogP contribution in [0.15, 0.2) is 36.7 Å². The molecule has 6 heteroatoms. The SMILES string of the molecule is CCN(C(=O)c1cccc2ccncc12)C1CCS(=O)(=O)C1. The summed E-state index contributed by atoms with van der Waals surface area (Å²) in [6, 6.07) is 7.19. The maximum Gasteiger partial charge on any atom is 0.254 e. The molecule has 1 aromatic carbocycles. The first-order chi connectivity index (χ1) is 10.5. The Labute approximate surface area is 129 Å². The molecule has 5 nitrogen and oxygen atoms in total. The highest BCUT2D eigenvalue weighted by Gasteiger charge is 2.34. The second-order valence-corrected chi connectivity index (χ2v) is 7.78. The number of hydrogen-bond donors (Lipinski definition) is 0. The molecule has 1 atom stereocenters. The van der Waals surface area contributed by atoms with Gasteiger partial charge in [-0.15, -0.1) is 0 Å². The fourth-order valence-corrected chi connectivity index (χ4v) is 4.77. The molecule has 0 aliphatic carbocycles. The van der Waals surface area contributed by atoms with Crippen molar-refractivity contribution < 1.29 is 13.2 Å². The van der Waals surface area contributed by atoms with Crippen molar-refractivity contribution in [2.75, 3.05) is 18.1 Å². The van der Waals surface area contributed by atoms with E-state index in [2.05, 4.69) is 4.98 Å². The van der Waals surface area contributed by atoms with Crippen molar-refractivity contribution in [1.82, 2.24) is 9.88 Å². The predicted molar refractivity (Wildman–Crippen MR) is 85.5 cm³/mol. The van der Waals surface area contributed by atoms with E-state index < -0.39 is 9.84 Å². The first-order valence-electron chi connectivity index (χ1n) is 7.36. The highest BCUT2D eigenvalue weighted by Crippen LogP contribution is 2.23. The fourth-order valence-electron chi connectivity index (χ4n) is 3.04. The summed E-state index contributed by atoms with van der Waals surface area (Å²) < 4.78 is 23.4. The molecule has 0 N–H and O–H groups in total. The lowest BCUT2D eigenvalue weighted by Crippen LogP contribution is -2.41. The molecule has 2 aromatic rings. The molecule has 0 bridgehead atoms. The third-order valence-electron chi connectivity index (χ3n) is 4.16. The van der Waals surface area contributed by atoms with E-state index in [0.29, 0.717) is 18.5 Å². The molecule has 116 valence electrons. The van der Waals surface area contributed by atoms with E-state index in [0.717, 1.165) is 10.8 Å². The number of benzene rings is 1. The first-order valence-corrected chi connectivity index (χ1v) is 9.18. The van der Waals surface area contributed by atoms with Gasteiger partial charge in [0.2, 0.25) is 0 Å².